The normalized spacial score (nSPS) is 12.2. The van der Waals surface area contributed by atoms with Crippen LogP contribution in [0.3, 0.4) is 0 Å². The number of thiophene rings is 1. The predicted octanol–water partition coefficient (Wildman–Crippen LogP) is -38.0. The molecule has 1 nitrogen and oxygen atoms in total. The smallest absolute Gasteiger partial charge is 0.143 e. The fourth-order valence-corrected chi connectivity index (χ4v) is 22.1. The van der Waals surface area contributed by atoms with Crippen molar-refractivity contribution in [3.8, 4) is 5.69 Å². The summed E-state index contributed by atoms with van der Waals surface area (Å²) in [5, 5.41) is 5.76. The maximum Gasteiger partial charge on any atom is 0.143 e. The molecule has 330 valence electrons. The van der Waals surface area contributed by atoms with Crippen LogP contribution in [0.4, 0.5) is 0 Å². The molecule has 9 rings (SSSR count). The number of fused-ring (bicyclic) bond motifs is 6. The first-order valence-corrected chi connectivity index (χ1v) is 29.8. The summed E-state index contributed by atoms with van der Waals surface area (Å²) in [6.45, 7) is 0. The van der Waals surface area contributed by atoms with Crippen LogP contribution in [0, 0.1) is 0 Å². The number of nitrogens with zero attached hydrogens (tertiary/aromatic N) is 1. The maximum absolute atomic E-state index is 2.82. The van der Waals surface area contributed by atoms with Crippen LogP contribution in [0.1, 0.15) is 0 Å². The Bertz CT molecular complexity index is 3940. The van der Waals surface area contributed by atoms with Gasteiger partial charge in [0.2, 0.25) is 0 Å². The van der Waals surface area contributed by atoms with E-state index < -0.39 is 10.0 Å². The van der Waals surface area contributed by atoms with Gasteiger partial charge in [-0.25, -0.2) is 0 Å². The number of hydrogen-bond acceptors (Lipinski definition) is 1. The van der Waals surface area contributed by atoms with E-state index in [4.69, 9.17) is 0 Å². The minimum atomic E-state index is -2.44. The van der Waals surface area contributed by atoms with Crippen molar-refractivity contribution in [2.45, 2.75) is 19.6 Å². The van der Waals surface area contributed by atoms with Crippen LogP contribution < -0.4 is 158 Å². The lowest BCUT2D eigenvalue weighted by Crippen LogP contribution is -2.60. The van der Waals surface area contributed by atoms with E-state index in [1.807, 2.05) is 0 Å². The molecule has 0 spiro atoms. The van der Waals surface area contributed by atoms with E-state index in [9.17, 15) is 0 Å². The fourth-order valence-electron chi connectivity index (χ4n) is 14.3. The van der Waals surface area contributed by atoms with Crippen molar-refractivity contribution in [3.63, 3.8) is 0 Å². The van der Waals surface area contributed by atoms with Crippen LogP contribution in [0.25, 0.3) is 47.7 Å². The van der Waals surface area contributed by atoms with Crippen molar-refractivity contribution < 1.29 is 0 Å². The third kappa shape index (κ3) is 6.98. The molecule has 7 aromatic carbocycles. The van der Waals surface area contributed by atoms with Gasteiger partial charge in [0.15, 0.2) is 0 Å². The quantitative estimate of drug-likeness (QED) is 0.152. The second-order valence-corrected chi connectivity index (χ2v) is 27.6. The predicted molar refractivity (Wildman–Crippen MR) is 431 cm³/mol. The molecule has 2 aromatic heterocycles. The van der Waals surface area contributed by atoms with Gasteiger partial charge in [0.25, 0.3) is 0 Å². The Morgan fingerprint density at radius 1 is 0.203 bits per heavy atom. The van der Waals surface area contributed by atoms with Crippen molar-refractivity contribution in [2.24, 2.45) is 0 Å². The van der Waals surface area contributed by atoms with Gasteiger partial charge < -0.3 is 4.57 Å². The molecule has 0 saturated heterocycles. The molecule has 0 amide bonds. The van der Waals surface area contributed by atoms with Gasteiger partial charge in [0, 0.05) is 31.0 Å². The second kappa shape index (κ2) is 18.7. The second-order valence-electron chi connectivity index (χ2n) is 23.7. The molecular weight excluding hydrogens is 896 g/mol. The Morgan fingerprint density at radius 3 is 0.824 bits per heavy atom. The van der Waals surface area contributed by atoms with E-state index >= 15 is 0 Å². The van der Waals surface area contributed by atoms with Gasteiger partial charge in [-0.2, -0.15) is 0 Å². The first-order valence-electron chi connectivity index (χ1n) is 27.4. The zero-order valence-electron chi connectivity index (χ0n) is 51.3. The summed E-state index contributed by atoms with van der Waals surface area (Å²) >= 11 is 2.10. The Hall–Kier alpha value is -3.21. The largest absolute Gasteiger partial charge is 0.312 e. The topological polar surface area (TPSA) is 4.93 Å². The van der Waals surface area contributed by atoms with Crippen molar-refractivity contribution >= 4 is 449 Å². The lowest BCUT2D eigenvalue weighted by molar-refractivity contribution is 1.21. The first-order chi connectivity index (χ1) is 34.4. The van der Waals surface area contributed by atoms with Gasteiger partial charge in [0.1, 0.15) is 228 Å². The average molecular weight is 955 g/mol. The van der Waals surface area contributed by atoms with Gasteiger partial charge in [0.05, 0.1) is 0 Å². The molecular formula is C42H58B29NS2. The maximum atomic E-state index is 2.82. The molecule has 0 N–H and O–H groups in total. The Kier molecular flexibility index (Phi) is 14.1. The molecule has 0 bridgehead atoms. The molecule has 0 aliphatic carbocycles. The van der Waals surface area contributed by atoms with E-state index in [-0.39, 0.29) is 0 Å². The zero-order chi connectivity index (χ0) is 55.0. The Labute approximate surface area is 475 Å². The van der Waals surface area contributed by atoms with E-state index in [2.05, 4.69) is 243 Å². The van der Waals surface area contributed by atoms with Crippen molar-refractivity contribution in [1.82, 2.24) is 4.57 Å². The van der Waals surface area contributed by atoms with Crippen molar-refractivity contribution in [2.75, 3.05) is 0 Å². The minimum absolute atomic E-state index is 1.36. The third-order valence-electron chi connectivity index (χ3n) is 21.2. The molecule has 0 fully saturated rings. The molecule has 74 heavy (non-hydrogen) atoms. The summed E-state index contributed by atoms with van der Waals surface area (Å²) in [5.74, 6) is 0. The monoisotopic (exact) mass is 960 g/mol. The first kappa shape index (κ1) is 55.5. The lowest BCUT2D eigenvalue weighted by atomic mass is 9.62. The fraction of sp³-hybridized carbons (Fsp3) is 0. The number of hydrogen-bond donors (Lipinski definition) is 0. The molecule has 9 aromatic rings. The molecule has 0 saturated carbocycles. The number of rotatable bonds is 5. The Balaban J connectivity index is 1.75. The zero-order valence-corrected chi connectivity index (χ0v) is 52.9. The van der Waals surface area contributed by atoms with Crippen molar-refractivity contribution in [1.29, 1.82) is 0 Å². The summed E-state index contributed by atoms with van der Waals surface area (Å²) in [6, 6.07) is 0. The van der Waals surface area contributed by atoms with Crippen LogP contribution in [-0.4, -0.2) is 232 Å². The van der Waals surface area contributed by atoms with E-state index in [1.54, 1.807) is 4.90 Å². The number of benzene rings is 7. The Morgan fingerprint density at radius 2 is 0.446 bits per heavy atom. The molecule has 0 aliphatic rings. The van der Waals surface area contributed by atoms with Crippen LogP contribution >= 0.6 is 21.4 Å². The summed E-state index contributed by atoms with van der Waals surface area (Å²) < 4.78 is 5.74. The SMILES string of the molecule is Bc1c(B)c(B)c(S(c2c(B)c(B)c(B)c(B)c2B)(c2c(B)c(B)c(B)c(-n3c4c(B)c(B)c(B)c(B)c4c4c(B)c(B)c(B)c(B)c43)c2B)c2c(B)c(B)c(B)c3c2sc2c(B)c(B)c(B)c(B)c23)c(B)c1B. The summed E-state index contributed by atoms with van der Waals surface area (Å²) in [5.41, 5.74) is 45.1. The van der Waals surface area contributed by atoms with Gasteiger partial charge in [-0.15, -0.1) is 76.0 Å². The van der Waals surface area contributed by atoms with Gasteiger partial charge in [-0.3, -0.25) is 0 Å². The molecule has 2 heterocycles. The third-order valence-corrected chi connectivity index (χ3v) is 27.4. The number of aromatic nitrogens is 1. The van der Waals surface area contributed by atoms with Crippen LogP contribution in [0.5, 0.6) is 0 Å². The molecule has 32 heteroatoms. The van der Waals surface area contributed by atoms with E-state index in [0.717, 1.165) is 0 Å². The van der Waals surface area contributed by atoms with Gasteiger partial charge in [-0.05, 0) is 36.2 Å². The summed E-state index contributed by atoms with van der Waals surface area (Å²) in [4.78, 5) is 6.15. The summed E-state index contributed by atoms with van der Waals surface area (Å²) in [7, 11) is 67.9. The van der Waals surface area contributed by atoms with Gasteiger partial charge in [-0.1, -0.05) is 104 Å². The molecule has 0 radical (unpaired) electrons. The van der Waals surface area contributed by atoms with Gasteiger partial charge >= 0.3 is 0 Å². The molecule has 0 atom stereocenters. The van der Waals surface area contributed by atoms with Crippen LogP contribution in [0.2, 0.25) is 0 Å². The highest BCUT2D eigenvalue weighted by Gasteiger charge is 2.45. The highest BCUT2D eigenvalue weighted by molar-refractivity contribution is 8.35. The van der Waals surface area contributed by atoms with E-state index in [1.165, 1.54) is 221 Å². The average Bonchev–Trinajstić information content (AvgIpc) is 3.94. The van der Waals surface area contributed by atoms with Crippen molar-refractivity contribution in [3.05, 3.63) is 0 Å². The molecule has 0 unspecified atom stereocenters. The van der Waals surface area contributed by atoms with Crippen LogP contribution in [0.15, 0.2) is 19.6 Å². The van der Waals surface area contributed by atoms with E-state index in [0.29, 0.717) is 0 Å². The highest BCUT2D eigenvalue weighted by atomic mass is 32.3. The summed E-state index contributed by atoms with van der Waals surface area (Å²) in [6.07, 6.45) is 0. The standard InChI is InChI=1S/C42H58B29NS2/c43-5-1-2-6(44)10(48)16(54)24(62)35(2)72(34(1)23(61)15(53)9(5)47)36-25(63)22(60)31(69)41(33(36)71)74(39-27(65)18(56)13(51)19(57)28(39)66,40-29(67)20(58)14(52)21(59)30(40)68)42-32(70)12(50)8(46)4-3-7(45)11(49)17(55)26(64)37(3)73-38(4)42/h43-71H2. The minimum Gasteiger partial charge on any atom is -0.312 e. The lowest BCUT2D eigenvalue weighted by Gasteiger charge is -2.52. The molecule has 0 aliphatic heterocycles. The highest BCUT2D eigenvalue weighted by Crippen LogP contribution is 2.71. The van der Waals surface area contributed by atoms with Crippen LogP contribution in [-0.2, 0) is 0 Å².